The van der Waals surface area contributed by atoms with Gasteiger partial charge in [0.25, 0.3) is 0 Å². The molecule has 0 amide bonds. The molecule has 5 aromatic rings. The van der Waals surface area contributed by atoms with Gasteiger partial charge in [-0.3, -0.25) is 0 Å². The number of benzene rings is 3. The largest absolute Gasteiger partial charge is 0.497 e. The minimum absolute atomic E-state index is 0.0952. The average Bonchev–Trinajstić information content (AvgIpc) is 3.57. The highest BCUT2D eigenvalue weighted by atomic mass is 32.2. The normalized spacial score (nSPS) is 11.6. The molecule has 0 unspecified atom stereocenters. The third-order valence-electron chi connectivity index (χ3n) is 6.45. The molecule has 0 aliphatic rings. The average molecular weight is 557 g/mol. The number of nitrogens with one attached hydrogen (secondary N) is 1. The van der Waals surface area contributed by atoms with Gasteiger partial charge in [0.05, 0.1) is 32.5 Å². The molecule has 0 aliphatic carbocycles. The van der Waals surface area contributed by atoms with Gasteiger partial charge in [-0.05, 0) is 48.5 Å². The van der Waals surface area contributed by atoms with Crippen LogP contribution in [-0.2, 0) is 11.3 Å². The van der Waals surface area contributed by atoms with E-state index in [2.05, 4.69) is 15.2 Å². The molecule has 2 aromatic heterocycles. The summed E-state index contributed by atoms with van der Waals surface area (Å²) < 4.78 is 18.3. The Morgan fingerprint density at radius 2 is 1.68 bits per heavy atom. The molecular weight excluding hydrogens is 528 g/mol. The van der Waals surface area contributed by atoms with Crippen molar-refractivity contribution in [3.63, 3.8) is 0 Å². The molecule has 204 valence electrons. The summed E-state index contributed by atoms with van der Waals surface area (Å²) in [7, 11) is 4.77. The molecule has 0 spiro atoms. The Kier molecular flexibility index (Phi) is 7.79. The van der Waals surface area contributed by atoms with Gasteiger partial charge in [-0.1, -0.05) is 42.5 Å². The fourth-order valence-corrected chi connectivity index (χ4v) is 5.40. The fourth-order valence-electron chi connectivity index (χ4n) is 4.53. The van der Waals surface area contributed by atoms with E-state index in [0.29, 0.717) is 34.8 Å². The number of ether oxygens (including phenoxy) is 3. The van der Waals surface area contributed by atoms with E-state index in [1.165, 1.54) is 0 Å². The number of methoxy groups -OCH3 is 3. The smallest absolute Gasteiger partial charge is 0.342 e. The SMILES string of the molecule is CCn1c(S/C(=C\c2c(-c3ccccc3)[nH]c3c(OC)cccc23)C(=O)O)nnc1-c1cc(OC)cc(OC)c1. The number of hydrogen-bond acceptors (Lipinski definition) is 7. The number of carbonyl (C=O) groups is 1. The van der Waals surface area contributed by atoms with Gasteiger partial charge >= 0.3 is 5.97 Å². The van der Waals surface area contributed by atoms with Crippen LogP contribution in [0.5, 0.6) is 17.2 Å². The minimum atomic E-state index is -1.07. The highest BCUT2D eigenvalue weighted by Crippen LogP contribution is 2.39. The molecule has 10 heteroatoms. The molecule has 5 rings (SSSR count). The number of aromatic amines is 1. The number of fused-ring (bicyclic) bond motifs is 1. The van der Waals surface area contributed by atoms with Crippen LogP contribution in [0.4, 0.5) is 0 Å². The lowest BCUT2D eigenvalue weighted by Crippen LogP contribution is -2.03. The van der Waals surface area contributed by atoms with Crippen LogP contribution in [0.25, 0.3) is 39.6 Å². The fraction of sp³-hybridized carbons (Fsp3) is 0.167. The Hall–Kier alpha value is -4.70. The molecule has 3 aromatic carbocycles. The number of H-pyrrole nitrogens is 1. The first-order valence-electron chi connectivity index (χ1n) is 12.5. The zero-order valence-electron chi connectivity index (χ0n) is 22.5. The number of rotatable bonds is 10. The lowest BCUT2D eigenvalue weighted by atomic mass is 10.0. The van der Waals surface area contributed by atoms with E-state index >= 15 is 0 Å². The van der Waals surface area contributed by atoms with Crippen LogP contribution in [0.3, 0.4) is 0 Å². The molecule has 2 N–H and O–H groups in total. The Morgan fingerprint density at radius 1 is 0.950 bits per heavy atom. The zero-order chi connectivity index (χ0) is 28.2. The van der Waals surface area contributed by atoms with E-state index < -0.39 is 5.97 Å². The monoisotopic (exact) mass is 556 g/mol. The van der Waals surface area contributed by atoms with Crippen molar-refractivity contribution < 1.29 is 24.1 Å². The lowest BCUT2D eigenvalue weighted by molar-refractivity contribution is -0.131. The summed E-state index contributed by atoms with van der Waals surface area (Å²) in [5.41, 5.74) is 3.99. The number of carboxylic acids is 1. The number of aliphatic carboxylic acids is 1. The molecule has 0 fully saturated rings. The van der Waals surface area contributed by atoms with Crippen molar-refractivity contribution in [1.29, 1.82) is 0 Å². The van der Waals surface area contributed by atoms with Crippen molar-refractivity contribution in [1.82, 2.24) is 19.7 Å². The van der Waals surface area contributed by atoms with E-state index in [-0.39, 0.29) is 4.91 Å². The molecule has 0 aliphatic heterocycles. The van der Waals surface area contributed by atoms with Crippen LogP contribution >= 0.6 is 11.8 Å². The van der Waals surface area contributed by atoms with E-state index in [0.717, 1.165) is 45.0 Å². The van der Waals surface area contributed by atoms with Gasteiger partial charge < -0.3 is 28.9 Å². The predicted molar refractivity (Wildman–Crippen MR) is 156 cm³/mol. The van der Waals surface area contributed by atoms with Crippen LogP contribution in [0.1, 0.15) is 12.5 Å². The van der Waals surface area contributed by atoms with Gasteiger partial charge in [-0.25, -0.2) is 4.79 Å². The van der Waals surface area contributed by atoms with Crippen molar-refractivity contribution in [2.75, 3.05) is 21.3 Å². The van der Waals surface area contributed by atoms with E-state index in [1.54, 1.807) is 33.5 Å². The number of carboxylic acid groups (broad SMARTS) is 1. The van der Waals surface area contributed by atoms with Crippen molar-refractivity contribution in [3.05, 3.63) is 77.2 Å². The molecule has 40 heavy (non-hydrogen) atoms. The van der Waals surface area contributed by atoms with Crippen LogP contribution in [0.2, 0.25) is 0 Å². The number of thioether (sulfide) groups is 1. The van der Waals surface area contributed by atoms with Gasteiger partial charge in [0.2, 0.25) is 0 Å². The van der Waals surface area contributed by atoms with Crippen molar-refractivity contribution in [3.8, 4) is 39.9 Å². The highest BCUT2D eigenvalue weighted by Gasteiger charge is 2.22. The molecular formula is C30H28N4O5S. The first-order valence-corrected chi connectivity index (χ1v) is 13.3. The zero-order valence-corrected chi connectivity index (χ0v) is 23.3. The molecule has 2 heterocycles. The second kappa shape index (κ2) is 11.6. The van der Waals surface area contributed by atoms with Crippen molar-refractivity contribution in [2.24, 2.45) is 0 Å². The quantitative estimate of drug-likeness (QED) is 0.151. The van der Waals surface area contributed by atoms with Crippen LogP contribution < -0.4 is 14.2 Å². The molecule has 0 saturated carbocycles. The topological polar surface area (TPSA) is 111 Å². The lowest BCUT2D eigenvalue weighted by Gasteiger charge is -2.10. The maximum atomic E-state index is 12.6. The predicted octanol–water partition coefficient (Wildman–Crippen LogP) is 6.36. The van der Waals surface area contributed by atoms with Gasteiger partial charge in [-0.2, -0.15) is 0 Å². The molecule has 0 bridgehead atoms. The molecule has 9 nitrogen and oxygen atoms in total. The molecule has 0 saturated heterocycles. The summed E-state index contributed by atoms with van der Waals surface area (Å²) in [4.78, 5) is 16.1. The Balaban J connectivity index is 1.62. The third kappa shape index (κ3) is 5.13. The van der Waals surface area contributed by atoms with Crippen molar-refractivity contribution >= 4 is 34.7 Å². The van der Waals surface area contributed by atoms with Crippen LogP contribution in [0, 0.1) is 0 Å². The number of aromatic nitrogens is 4. The van der Waals surface area contributed by atoms with Gasteiger partial charge in [0.15, 0.2) is 11.0 Å². The second-order valence-corrected chi connectivity index (χ2v) is 9.74. The molecule has 0 radical (unpaired) electrons. The minimum Gasteiger partial charge on any atom is -0.497 e. The Morgan fingerprint density at radius 3 is 2.30 bits per heavy atom. The number of hydrogen-bond donors (Lipinski definition) is 2. The Bertz CT molecular complexity index is 1690. The summed E-state index contributed by atoms with van der Waals surface area (Å²) in [5, 5.41) is 20.3. The van der Waals surface area contributed by atoms with E-state index in [9.17, 15) is 9.90 Å². The van der Waals surface area contributed by atoms with Gasteiger partial charge in [-0.15, -0.1) is 10.2 Å². The van der Waals surface area contributed by atoms with Gasteiger partial charge in [0.1, 0.15) is 22.2 Å². The summed E-state index contributed by atoms with van der Waals surface area (Å²) in [6.45, 7) is 2.48. The van der Waals surface area contributed by atoms with Gasteiger partial charge in [0, 0.05) is 29.1 Å². The summed E-state index contributed by atoms with van der Waals surface area (Å²) in [6, 6.07) is 20.9. The molecule has 0 atom stereocenters. The maximum Gasteiger partial charge on any atom is 0.342 e. The van der Waals surface area contributed by atoms with E-state index in [1.807, 2.05) is 72.2 Å². The maximum absolute atomic E-state index is 12.6. The van der Waals surface area contributed by atoms with Crippen molar-refractivity contribution in [2.45, 2.75) is 18.6 Å². The van der Waals surface area contributed by atoms with Crippen LogP contribution in [-0.4, -0.2) is 52.2 Å². The van der Waals surface area contributed by atoms with Crippen LogP contribution in [0.15, 0.2) is 76.8 Å². The summed E-state index contributed by atoms with van der Waals surface area (Å²) >= 11 is 1.05. The Labute approximate surface area is 235 Å². The van der Waals surface area contributed by atoms with E-state index in [4.69, 9.17) is 14.2 Å². The standard InChI is InChI=1S/C30H28N4O5S/c1-5-34-28(19-14-20(37-2)16-21(15-19)38-3)32-33-30(34)40-25(29(35)36)17-23-22-12-9-13-24(39-4)27(22)31-26(23)18-10-7-6-8-11-18/h6-17,31H,5H2,1-4H3,(H,35,36)/b25-17-. The first-order chi connectivity index (χ1) is 19.5. The number of para-hydroxylation sites is 1. The highest BCUT2D eigenvalue weighted by molar-refractivity contribution is 8.04. The number of nitrogens with zero attached hydrogens (tertiary/aromatic N) is 3. The third-order valence-corrected chi connectivity index (χ3v) is 7.45. The summed E-state index contributed by atoms with van der Waals surface area (Å²) in [5.74, 6) is 1.40. The summed E-state index contributed by atoms with van der Waals surface area (Å²) in [6.07, 6.45) is 1.68. The second-order valence-electron chi connectivity index (χ2n) is 8.73. The first kappa shape index (κ1) is 26.9.